The minimum Gasteiger partial charge on any atom is -0.478 e. The Balaban J connectivity index is 2.96. The van der Waals surface area contributed by atoms with Crippen LogP contribution in [0.4, 0.5) is 27.6 Å². The van der Waals surface area contributed by atoms with Crippen LogP contribution in [-0.2, 0) is 6.18 Å². The van der Waals surface area contributed by atoms with Crippen molar-refractivity contribution in [2.45, 2.75) is 6.18 Å². The van der Waals surface area contributed by atoms with Crippen molar-refractivity contribution in [1.82, 2.24) is 0 Å². The molecule has 0 saturated heterocycles. The largest absolute Gasteiger partial charge is 0.478 e. The van der Waals surface area contributed by atoms with E-state index in [9.17, 15) is 26.7 Å². The molecule has 0 radical (unpaired) electrons. The molecule has 2 rings (SSSR count). The Hall–Kier alpha value is -1.62. The SMILES string of the molecule is Nc1c(C(=O)O)cc(C(F)(F)F)c(-c2cc(Cl)c(F)cc2F)c1I. The molecule has 0 bridgehead atoms. The molecule has 3 nitrogen and oxygen atoms in total. The fraction of sp³-hybridized carbons (Fsp3) is 0.0714. The standard InChI is InChI=1S/C14H6ClF5INO2/c15-7-2-4(8(16)3-9(7)17)10-6(14(18,19)20)1-5(13(23)24)12(22)11(10)21/h1-3H,22H2,(H,23,24). The van der Waals surface area contributed by atoms with Gasteiger partial charge in [-0.05, 0) is 34.7 Å². The Morgan fingerprint density at radius 1 is 1.17 bits per heavy atom. The molecule has 0 aliphatic heterocycles. The Morgan fingerprint density at radius 3 is 2.25 bits per heavy atom. The maximum Gasteiger partial charge on any atom is 0.417 e. The highest BCUT2D eigenvalue weighted by molar-refractivity contribution is 14.1. The molecule has 0 spiro atoms. The Kier molecular flexibility index (Phi) is 4.96. The van der Waals surface area contributed by atoms with E-state index in [4.69, 9.17) is 22.4 Å². The molecule has 0 amide bonds. The normalized spacial score (nSPS) is 11.6. The molecule has 0 saturated carbocycles. The van der Waals surface area contributed by atoms with Gasteiger partial charge in [-0.1, -0.05) is 11.6 Å². The third kappa shape index (κ3) is 3.27. The van der Waals surface area contributed by atoms with Crippen molar-refractivity contribution in [3.63, 3.8) is 0 Å². The van der Waals surface area contributed by atoms with E-state index in [-0.39, 0.29) is 3.57 Å². The molecule has 3 N–H and O–H groups in total. The van der Waals surface area contributed by atoms with E-state index in [0.29, 0.717) is 18.2 Å². The van der Waals surface area contributed by atoms with Crippen LogP contribution in [0.3, 0.4) is 0 Å². The van der Waals surface area contributed by atoms with Crippen LogP contribution in [0, 0.1) is 15.2 Å². The molecule has 0 fully saturated rings. The summed E-state index contributed by atoms with van der Waals surface area (Å²) in [6.45, 7) is 0. The summed E-state index contributed by atoms with van der Waals surface area (Å²) in [6, 6.07) is 1.35. The summed E-state index contributed by atoms with van der Waals surface area (Å²) in [5.74, 6) is -4.10. The molecule has 0 aliphatic rings. The van der Waals surface area contributed by atoms with E-state index in [2.05, 4.69) is 0 Å². The van der Waals surface area contributed by atoms with E-state index in [1.165, 1.54) is 22.6 Å². The van der Waals surface area contributed by atoms with Gasteiger partial charge in [0.05, 0.1) is 21.8 Å². The van der Waals surface area contributed by atoms with E-state index >= 15 is 0 Å². The molecular weight excluding hydrogens is 472 g/mol. The van der Waals surface area contributed by atoms with E-state index < -0.39 is 56.7 Å². The lowest BCUT2D eigenvalue weighted by Gasteiger charge is -2.18. The van der Waals surface area contributed by atoms with E-state index in [1.807, 2.05) is 0 Å². The first-order chi connectivity index (χ1) is 10.9. The number of anilines is 1. The minimum absolute atomic E-state index is 0.311. The monoisotopic (exact) mass is 477 g/mol. The average molecular weight is 478 g/mol. The van der Waals surface area contributed by atoms with Crippen LogP contribution in [0.15, 0.2) is 18.2 Å². The first kappa shape index (κ1) is 18.7. The smallest absolute Gasteiger partial charge is 0.417 e. The van der Waals surface area contributed by atoms with Gasteiger partial charge >= 0.3 is 12.1 Å². The molecule has 24 heavy (non-hydrogen) atoms. The number of carboxylic acids is 1. The molecule has 0 aliphatic carbocycles. The van der Waals surface area contributed by atoms with Crippen LogP contribution in [0.2, 0.25) is 5.02 Å². The number of rotatable bonds is 2. The number of nitrogens with two attached hydrogens (primary N) is 1. The average Bonchev–Trinajstić information content (AvgIpc) is 2.44. The maximum atomic E-state index is 14.0. The zero-order valence-corrected chi connectivity index (χ0v) is 14.2. The van der Waals surface area contributed by atoms with Gasteiger partial charge in [0, 0.05) is 20.8 Å². The van der Waals surface area contributed by atoms with Crippen LogP contribution in [0.1, 0.15) is 15.9 Å². The van der Waals surface area contributed by atoms with Gasteiger partial charge in [0.2, 0.25) is 0 Å². The van der Waals surface area contributed by atoms with Crippen molar-refractivity contribution in [3.8, 4) is 11.1 Å². The highest BCUT2D eigenvalue weighted by Crippen LogP contribution is 2.44. The van der Waals surface area contributed by atoms with E-state index in [0.717, 1.165) is 0 Å². The Bertz CT molecular complexity index is 854. The summed E-state index contributed by atoms with van der Waals surface area (Å²) >= 11 is 6.90. The fourth-order valence-electron chi connectivity index (χ4n) is 2.04. The number of carbonyl (C=O) groups is 1. The van der Waals surface area contributed by atoms with E-state index in [1.54, 1.807) is 0 Å². The summed E-state index contributed by atoms with van der Waals surface area (Å²) in [4.78, 5) is 11.1. The van der Waals surface area contributed by atoms with Gasteiger partial charge in [0.15, 0.2) is 0 Å². The van der Waals surface area contributed by atoms with Gasteiger partial charge in [-0.25, -0.2) is 13.6 Å². The number of benzene rings is 2. The number of carboxylic acid groups (broad SMARTS) is 1. The van der Waals surface area contributed by atoms with Crippen molar-refractivity contribution in [2.24, 2.45) is 0 Å². The molecule has 10 heteroatoms. The first-order valence-corrected chi connectivity index (χ1v) is 7.48. The molecule has 0 unspecified atom stereocenters. The molecule has 0 aromatic heterocycles. The Labute approximate surface area is 150 Å². The molecule has 2 aromatic rings. The topological polar surface area (TPSA) is 63.3 Å². The molecule has 2 aromatic carbocycles. The van der Waals surface area contributed by atoms with Gasteiger partial charge in [-0.3, -0.25) is 0 Å². The van der Waals surface area contributed by atoms with Crippen molar-refractivity contribution in [1.29, 1.82) is 0 Å². The molecular formula is C14H6ClF5INO2. The molecule has 128 valence electrons. The highest BCUT2D eigenvalue weighted by atomic mass is 127. The number of aromatic carboxylic acids is 1. The summed E-state index contributed by atoms with van der Waals surface area (Å²) in [5, 5.41) is 8.39. The summed E-state index contributed by atoms with van der Waals surface area (Å²) < 4.78 is 67.0. The van der Waals surface area contributed by atoms with Crippen LogP contribution < -0.4 is 5.73 Å². The lowest BCUT2D eigenvalue weighted by atomic mass is 9.95. The van der Waals surface area contributed by atoms with Gasteiger partial charge in [-0.2, -0.15) is 13.2 Å². The summed E-state index contributed by atoms with van der Waals surface area (Å²) in [6.07, 6.45) is -5.00. The maximum absolute atomic E-state index is 14.0. The summed E-state index contributed by atoms with van der Waals surface area (Å²) in [7, 11) is 0. The predicted octanol–water partition coefficient (Wildman–Crippen LogP) is 5.19. The Morgan fingerprint density at radius 2 is 1.75 bits per heavy atom. The lowest BCUT2D eigenvalue weighted by molar-refractivity contribution is -0.137. The van der Waals surface area contributed by atoms with Gasteiger partial charge in [0.1, 0.15) is 11.6 Å². The number of hydrogen-bond acceptors (Lipinski definition) is 2. The predicted molar refractivity (Wildman–Crippen MR) is 85.9 cm³/mol. The van der Waals surface area contributed by atoms with Crippen LogP contribution in [-0.4, -0.2) is 11.1 Å². The minimum atomic E-state index is -5.00. The zero-order valence-electron chi connectivity index (χ0n) is 11.3. The quantitative estimate of drug-likeness (QED) is 0.271. The van der Waals surface area contributed by atoms with Gasteiger partial charge in [-0.15, -0.1) is 0 Å². The third-order valence-corrected chi connectivity index (χ3v) is 4.53. The van der Waals surface area contributed by atoms with Crippen molar-refractivity contribution in [3.05, 3.63) is 49.6 Å². The van der Waals surface area contributed by atoms with Crippen molar-refractivity contribution in [2.75, 3.05) is 5.73 Å². The summed E-state index contributed by atoms with van der Waals surface area (Å²) in [5.41, 5.74) is 1.57. The van der Waals surface area contributed by atoms with Gasteiger partial charge in [0.25, 0.3) is 0 Å². The number of hydrogen-bond donors (Lipinski definition) is 2. The van der Waals surface area contributed by atoms with Crippen LogP contribution in [0.25, 0.3) is 11.1 Å². The molecule has 0 heterocycles. The third-order valence-electron chi connectivity index (χ3n) is 3.12. The second-order valence-corrected chi connectivity index (χ2v) is 6.11. The van der Waals surface area contributed by atoms with Crippen molar-refractivity contribution >= 4 is 45.8 Å². The lowest BCUT2D eigenvalue weighted by Crippen LogP contribution is -2.14. The zero-order chi connectivity index (χ0) is 18.4. The second-order valence-electron chi connectivity index (χ2n) is 4.62. The first-order valence-electron chi connectivity index (χ1n) is 6.02. The molecule has 0 atom stereocenters. The fourth-order valence-corrected chi connectivity index (χ4v) is 3.08. The second kappa shape index (κ2) is 6.36. The number of halogens is 7. The highest BCUT2D eigenvalue weighted by Gasteiger charge is 2.37. The van der Waals surface area contributed by atoms with Crippen molar-refractivity contribution < 1.29 is 31.9 Å². The van der Waals surface area contributed by atoms with Crippen LogP contribution >= 0.6 is 34.2 Å². The van der Waals surface area contributed by atoms with Crippen LogP contribution in [0.5, 0.6) is 0 Å². The number of alkyl halides is 3. The number of nitrogen functional groups attached to an aromatic ring is 1. The van der Waals surface area contributed by atoms with Gasteiger partial charge < -0.3 is 10.8 Å².